The first-order chi connectivity index (χ1) is 16.1. The van der Waals surface area contributed by atoms with Crippen molar-refractivity contribution in [1.29, 1.82) is 0 Å². The van der Waals surface area contributed by atoms with Crippen LogP contribution in [0.5, 0.6) is 17.4 Å². The molecule has 0 unspecified atom stereocenters. The Balaban J connectivity index is 1.66. The van der Waals surface area contributed by atoms with Crippen LogP contribution in [-0.2, 0) is 6.54 Å². The lowest BCUT2D eigenvalue weighted by molar-refractivity contribution is 0.0977. The first-order valence-electron chi connectivity index (χ1n) is 11.9. The SMILES string of the molecule is CCC[C@@H](O)CN(Cc1c(C)nn(-c2ccccc2)c1Oc1ccc(OC)cc1)CC1CC1. The van der Waals surface area contributed by atoms with E-state index in [1.54, 1.807) is 7.11 Å². The van der Waals surface area contributed by atoms with E-state index in [0.29, 0.717) is 13.1 Å². The number of nitrogens with zero attached hydrogens (tertiary/aromatic N) is 3. The van der Waals surface area contributed by atoms with Crippen molar-refractivity contribution in [2.75, 3.05) is 20.2 Å². The molecule has 0 spiro atoms. The summed E-state index contributed by atoms with van der Waals surface area (Å²) in [4.78, 5) is 2.37. The number of ether oxygens (including phenoxy) is 2. The minimum atomic E-state index is -0.316. The van der Waals surface area contributed by atoms with Gasteiger partial charge >= 0.3 is 0 Å². The lowest BCUT2D eigenvalue weighted by Gasteiger charge is -2.25. The van der Waals surface area contributed by atoms with Gasteiger partial charge in [-0.3, -0.25) is 4.90 Å². The van der Waals surface area contributed by atoms with Crippen molar-refractivity contribution in [2.24, 2.45) is 5.92 Å². The topological polar surface area (TPSA) is 59.8 Å². The van der Waals surface area contributed by atoms with Crippen LogP contribution in [0, 0.1) is 12.8 Å². The molecule has 1 aliphatic rings. The molecular weight excluding hydrogens is 414 g/mol. The molecule has 0 saturated heterocycles. The van der Waals surface area contributed by atoms with Gasteiger partial charge in [0.15, 0.2) is 0 Å². The Morgan fingerprint density at radius 1 is 1.09 bits per heavy atom. The number of aliphatic hydroxyl groups is 1. The second kappa shape index (κ2) is 10.9. The van der Waals surface area contributed by atoms with Crippen LogP contribution in [0.4, 0.5) is 0 Å². The summed E-state index contributed by atoms with van der Waals surface area (Å²) in [6, 6.07) is 17.7. The molecule has 1 N–H and O–H groups in total. The van der Waals surface area contributed by atoms with E-state index < -0.39 is 0 Å². The number of aliphatic hydroxyl groups excluding tert-OH is 1. The highest BCUT2D eigenvalue weighted by Gasteiger charge is 2.28. The first kappa shape index (κ1) is 23.3. The molecule has 0 aliphatic heterocycles. The Bertz CT molecular complexity index is 1010. The van der Waals surface area contributed by atoms with Gasteiger partial charge in [0.05, 0.1) is 30.2 Å². The predicted octanol–water partition coefficient (Wildman–Crippen LogP) is 5.35. The number of aromatic nitrogens is 2. The highest BCUT2D eigenvalue weighted by molar-refractivity contribution is 5.44. The molecule has 6 heteroatoms. The fraction of sp³-hybridized carbons (Fsp3) is 0.444. The van der Waals surface area contributed by atoms with Gasteiger partial charge in [0.1, 0.15) is 11.5 Å². The second-order valence-corrected chi connectivity index (χ2v) is 8.97. The molecule has 1 aliphatic carbocycles. The lowest BCUT2D eigenvalue weighted by Crippen LogP contribution is -2.33. The van der Waals surface area contributed by atoms with Crippen molar-refractivity contribution in [3.8, 4) is 23.1 Å². The monoisotopic (exact) mass is 449 g/mol. The summed E-state index contributed by atoms with van der Waals surface area (Å²) in [6.07, 6.45) is 4.04. The normalized spacial score (nSPS) is 14.5. The van der Waals surface area contributed by atoms with Gasteiger partial charge in [0, 0.05) is 19.6 Å². The molecular formula is C27H35N3O3. The average molecular weight is 450 g/mol. The van der Waals surface area contributed by atoms with Crippen LogP contribution in [0.15, 0.2) is 54.6 Å². The fourth-order valence-corrected chi connectivity index (χ4v) is 4.14. The zero-order valence-corrected chi connectivity index (χ0v) is 19.9. The van der Waals surface area contributed by atoms with Gasteiger partial charge in [-0.2, -0.15) is 5.10 Å². The first-order valence-corrected chi connectivity index (χ1v) is 11.9. The van der Waals surface area contributed by atoms with Crippen LogP contribution in [0.1, 0.15) is 43.9 Å². The van der Waals surface area contributed by atoms with Crippen LogP contribution in [-0.4, -0.2) is 46.1 Å². The molecule has 0 radical (unpaired) electrons. The minimum Gasteiger partial charge on any atom is -0.497 e. The second-order valence-electron chi connectivity index (χ2n) is 8.97. The third-order valence-electron chi connectivity index (χ3n) is 6.10. The summed E-state index contributed by atoms with van der Waals surface area (Å²) in [6.45, 7) is 6.51. The molecule has 1 fully saturated rings. The van der Waals surface area contributed by atoms with Crippen LogP contribution >= 0.6 is 0 Å². The fourth-order valence-electron chi connectivity index (χ4n) is 4.14. The Hall–Kier alpha value is -2.83. The van der Waals surface area contributed by atoms with Crippen molar-refractivity contribution in [1.82, 2.24) is 14.7 Å². The highest BCUT2D eigenvalue weighted by atomic mass is 16.5. The van der Waals surface area contributed by atoms with E-state index in [9.17, 15) is 5.11 Å². The van der Waals surface area contributed by atoms with E-state index in [2.05, 4.69) is 11.8 Å². The van der Waals surface area contributed by atoms with Gasteiger partial charge in [-0.25, -0.2) is 4.68 Å². The summed E-state index contributed by atoms with van der Waals surface area (Å²) >= 11 is 0. The maximum atomic E-state index is 10.5. The molecule has 3 aromatic rings. The number of aryl methyl sites for hydroxylation is 1. The predicted molar refractivity (Wildman–Crippen MR) is 130 cm³/mol. The number of methoxy groups -OCH3 is 1. The summed E-state index contributed by atoms with van der Waals surface area (Å²) in [5, 5.41) is 15.4. The van der Waals surface area contributed by atoms with Gasteiger partial charge in [-0.1, -0.05) is 31.5 Å². The Morgan fingerprint density at radius 2 is 1.79 bits per heavy atom. The quantitative estimate of drug-likeness (QED) is 0.404. The smallest absolute Gasteiger partial charge is 0.227 e. The van der Waals surface area contributed by atoms with E-state index >= 15 is 0 Å². The van der Waals surface area contributed by atoms with Gasteiger partial charge in [0.25, 0.3) is 0 Å². The number of benzene rings is 2. The number of hydrogen-bond donors (Lipinski definition) is 1. The zero-order chi connectivity index (χ0) is 23.2. The number of rotatable bonds is 12. The van der Waals surface area contributed by atoms with Crippen LogP contribution in [0.25, 0.3) is 5.69 Å². The summed E-state index contributed by atoms with van der Waals surface area (Å²) in [5.41, 5.74) is 2.95. The largest absolute Gasteiger partial charge is 0.497 e. The van der Waals surface area contributed by atoms with Crippen LogP contribution in [0.3, 0.4) is 0 Å². The maximum absolute atomic E-state index is 10.5. The Kier molecular flexibility index (Phi) is 7.68. The molecule has 33 heavy (non-hydrogen) atoms. The third-order valence-corrected chi connectivity index (χ3v) is 6.10. The molecule has 0 amide bonds. The third kappa shape index (κ3) is 6.15. The van der Waals surface area contributed by atoms with E-state index in [0.717, 1.165) is 59.6 Å². The lowest BCUT2D eigenvalue weighted by atomic mass is 10.1. The standard InChI is InChI=1S/C27H35N3O3/c1-4-8-23(31)18-29(17-21-11-12-21)19-26-20(2)28-30(22-9-6-5-7-10-22)27(26)33-25-15-13-24(32-3)14-16-25/h5-7,9-10,13-16,21,23,31H,4,8,11-12,17-19H2,1-3H3/t23-/m1/s1. The Labute approximate surface area is 196 Å². The number of hydrogen-bond acceptors (Lipinski definition) is 5. The molecule has 2 aromatic carbocycles. The van der Waals surface area contributed by atoms with Crippen molar-refractivity contribution < 1.29 is 14.6 Å². The molecule has 0 bridgehead atoms. The van der Waals surface area contributed by atoms with Gasteiger partial charge < -0.3 is 14.6 Å². The number of para-hydroxylation sites is 1. The van der Waals surface area contributed by atoms with E-state index in [-0.39, 0.29) is 6.10 Å². The van der Waals surface area contributed by atoms with E-state index in [1.807, 2.05) is 66.2 Å². The molecule has 6 nitrogen and oxygen atoms in total. The summed E-state index contributed by atoms with van der Waals surface area (Å²) < 4.78 is 13.6. The molecule has 1 aromatic heterocycles. The van der Waals surface area contributed by atoms with E-state index in [4.69, 9.17) is 14.6 Å². The summed E-state index contributed by atoms with van der Waals surface area (Å²) in [7, 11) is 1.66. The Morgan fingerprint density at radius 3 is 2.42 bits per heavy atom. The van der Waals surface area contributed by atoms with Crippen LogP contribution in [0.2, 0.25) is 0 Å². The van der Waals surface area contributed by atoms with Crippen molar-refractivity contribution in [2.45, 2.75) is 52.2 Å². The minimum absolute atomic E-state index is 0.316. The molecule has 1 saturated carbocycles. The van der Waals surface area contributed by atoms with Gasteiger partial charge in [-0.05, 0) is 68.5 Å². The van der Waals surface area contributed by atoms with Gasteiger partial charge in [0.2, 0.25) is 5.88 Å². The van der Waals surface area contributed by atoms with Crippen LogP contribution < -0.4 is 9.47 Å². The summed E-state index contributed by atoms with van der Waals surface area (Å²) in [5.74, 6) is 2.97. The molecule has 176 valence electrons. The highest BCUT2D eigenvalue weighted by Crippen LogP contribution is 2.34. The van der Waals surface area contributed by atoms with Crippen molar-refractivity contribution in [3.63, 3.8) is 0 Å². The molecule has 1 heterocycles. The van der Waals surface area contributed by atoms with E-state index in [1.165, 1.54) is 12.8 Å². The maximum Gasteiger partial charge on any atom is 0.227 e. The zero-order valence-electron chi connectivity index (χ0n) is 19.9. The molecule has 1 atom stereocenters. The van der Waals surface area contributed by atoms with Crippen molar-refractivity contribution in [3.05, 3.63) is 65.9 Å². The average Bonchev–Trinajstić information content (AvgIpc) is 3.59. The van der Waals surface area contributed by atoms with Crippen molar-refractivity contribution >= 4 is 0 Å². The molecule has 4 rings (SSSR count). The van der Waals surface area contributed by atoms with Gasteiger partial charge in [-0.15, -0.1) is 0 Å².